The zero-order chi connectivity index (χ0) is 13.4. The molecule has 0 bridgehead atoms. The molecular weight excluding hydrogens is 294 g/mol. The highest BCUT2D eigenvalue weighted by molar-refractivity contribution is 9.10. The highest BCUT2D eigenvalue weighted by Gasteiger charge is 2.05. The van der Waals surface area contributed by atoms with Crippen molar-refractivity contribution in [3.63, 3.8) is 0 Å². The number of methoxy groups -OCH3 is 1. The Morgan fingerprint density at radius 1 is 1.28 bits per heavy atom. The summed E-state index contributed by atoms with van der Waals surface area (Å²) in [5.41, 5.74) is 1.18. The molecule has 0 amide bonds. The van der Waals surface area contributed by atoms with E-state index in [1.54, 1.807) is 7.11 Å². The van der Waals surface area contributed by atoms with E-state index in [1.165, 1.54) is 5.56 Å². The van der Waals surface area contributed by atoms with Crippen molar-refractivity contribution in [3.8, 4) is 5.75 Å². The van der Waals surface area contributed by atoms with E-state index in [-0.39, 0.29) is 0 Å². The minimum atomic E-state index is 0.463. The summed E-state index contributed by atoms with van der Waals surface area (Å²) in [5.74, 6) is 0.947. The Balaban J connectivity index is 2.58. The van der Waals surface area contributed by atoms with Crippen LogP contribution in [0, 0.1) is 0 Å². The average molecular weight is 316 g/mol. The third-order valence-electron chi connectivity index (χ3n) is 2.47. The summed E-state index contributed by atoms with van der Waals surface area (Å²) in [6.45, 7) is 6.51. The van der Waals surface area contributed by atoms with Crippen molar-refractivity contribution in [1.29, 1.82) is 0 Å². The lowest BCUT2D eigenvalue weighted by molar-refractivity contribution is 0.171. The Morgan fingerprint density at radius 3 is 2.72 bits per heavy atom. The van der Waals surface area contributed by atoms with Crippen molar-refractivity contribution in [2.24, 2.45) is 0 Å². The van der Waals surface area contributed by atoms with Crippen molar-refractivity contribution in [2.45, 2.75) is 32.9 Å². The van der Waals surface area contributed by atoms with Crippen LogP contribution in [0.1, 0.15) is 25.8 Å². The van der Waals surface area contributed by atoms with Gasteiger partial charge in [0.05, 0.1) is 6.61 Å². The van der Waals surface area contributed by atoms with E-state index in [9.17, 15) is 0 Å². The normalized spacial score (nSPS) is 10.9. The first-order valence-electron chi connectivity index (χ1n) is 6.27. The fourth-order valence-corrected chi connectivity index (χ4v) is 1.93. The lowest BCUT2D eigenvalue weighted by Crippen LogP contribution is -2.22. The van der Waals surface area contributed by atoms with Gasteiger partial charge in [0.25, 0.3) is 0 Å². The van der Waals surface area contributed by atoms with Crippen LogP contribution in [0.4, 0.5) is 0 Å². The van der Waals surface area contributed by atoms with E-state index < -0.39 is 0 Å². The molecule has 0 aliphatic carbocycles. The highest BCUT2D eigenvalue weighted by atomic mass is 79.9. The zero-order valence-corrected chi connectivity index (χ0v) is 12.9. The van der Waals surface area contributed by atoms with E-state index in [4.69, 9.17) is 9.47 Å². The monoisotopic (exact) mass is 315 g/mol. The van der Waals surface area contributed by atoms with Crippen LogP contribution in [0.5, 0.6) is 5.75 Å². The molecule has 1 aromatic carbocycles. The first kappa shape index (κ1) is 15.5. The Labute approximate surface area is 118 Å². The van der Waals surface area contributed by atoms with Crippen LogP contribution in [-0.4, -0.2) is 26.4 Å². The molecule has 0 fully saturated rings. The third kappa shape index (κ3) is 5.85. The second-order valence-corrected chi connectivity index (χ2v) is 5.40. The summed E-state index contributed by atoms with van der Waals surface area (Å²) >= 11 is 3.49. The molecule has 0 aromatic heterocycles. The molecule has 1 N–H and O–H groups in total. The van der Waals surface area contributed by atoms with Crippen LogP contribution in [0.25, 0.3) is 0 Å². The van der Waals surface area contributed by atoms with Gasteiger partial charge in [0.1, 0.15) is 5.75 Å². The van der Waals surface area contributed by atoms with Gasteiger partial charge in [0, 0.05) is 42.8 Å². The maximum absolute atomic E-state index is 5.79. The second-order valence-electron chi connectivity index (χ2n) is 4.48. The smallest absolute Gasteiger partial charge is 0.123 e. The molecule has 1 rings (SSSR count). The molecule has 3 nitrogen and oxygen atoms in total. The molecule has 0 saturated heterocycles. The molecule has 0 heterocycles. The van der Waals surface area contributed by atoms with Crippen LogP contribution >= 0.6 is 15.9 Å². The summed E-state index contributed by atoms with van der Waals surface area (Å²) in [4.78, 5) is 0. The van der Waals surface area contributed by atoms with Crippen molar-refractivity contribution in [1.82, 2.24) is 5.32 Å². The van der Waals surface area contributed by atoms with Gasteiger partial charge in [0.15, 0.2) is 0 Å². The van der Waals surface area contributed by atoms with Gasteiger partial charge in [-0.25, -0.2) is 0 Å². The van der Waals surface area contributed by atoms with Crippen LogP contribution < -0.4 is 10.1 Å². The number of nitrogens with one attached hydrogen (secondary N) is 1. The van der Waals surface area contributed by atoms with Gasteiger partial charge in [-0.1, -0.05) is 29.8 Å². The summed E-state index contributed by atoms with van der Waals surface area (Å²) in [7, 11) is 1.71. The van der Waals surface area contributed by atoms with Gasteiger partial charge in [-0.05, 0) is 18.2 Å². The number of benzene rings is 1. The predicted octanol–water partition coefficient (Wildman–Crippen LogP) is 3.36. The zero-order valence-electron chi connectivity index (χ0n) is 11.3. The van der Waals surface area contributed by atoms with Crippen LogP contribution in [0.2, 0.25) is 0 Å². The molecule has 0 saturated carbocycles. The first-order chi connectivity index (χ1) is 8.63. The number of hydrogen-bond acceptors (Lipinski definition) is 3. The fourth-order valence-electron chi connectivity index (χ4n) is 1.53. The molecule has 1 aromatic rings. The number of halogens is 1. The molecule has 0 aliphatic rings. The quantitative estimate of drug-likeness (QED) is 0.746. The largest absolute Gasteiger partial charge is 0.493 e. The summed E-state index contributed by atoms with van der Waals surface area (Å²) in [5, 5.41) is 3.41. The Morgan fingerprint density at radius 2 is 2.06 bits per heavy atom. The van der Waals surface area contributed by atoms with Crippen molar-refractivity contribution >= 4 is 15.9 Å². The number of hydrogen-bond donors (Lipinski definition) is 1. The molecule has 0 radical (unpaired) electrons. The fraction of sp³-hybridized carbons (Fsp3) is 0.571. The van der Waals surface area contributed by atoms with Gasteiger partial charge < -0.3 is 14.8 Å². The maximum Gasteiger partial charge on any atom is 0.123 e. The van der Waals surface area contributed by atoms with Crippen LogP contribution in [0.15, 0.2) is 22.7 Å². The van der Waals surface area contributed by atoms with Crippen molar-refractivity contribution in [2.75, 3.05) is 20.3 Å². The standard InChI is InChI=1S/C14H22BrNO2/c1-11(2)16-10-12-9-13(15)5-6-14(12)18-8-4-7-17-3/h5-6,9,11,16H,4,7-8,10H2,1-3H3. The van der Waals surface area contributed by atoms with Crippen molar-refractivity contribution in [3.05, 3.63) is 28.2 Å². The molecule has 18 heavy (non-hydrogen) atoms. The summed E-state index contributed by atoms with van der Waals surface area (Å²) in [6, 6.07) is 6.57. The van der Waals surface area contributed by atoms with Crippen molar-refractivity contribution < 1.29 is 9.47 Å². The van der Waals surface area contributed by atoms with Crippen LogP contribution in [0.3, 0.4) is 0 Å². The van der Waals surface area contributed by atoms with E-state index in [2.05, 4.69) is 41.2 Å². The van der Waals surface area contributed by atoms with Gasteiger partial charge in [-0.15, -0.1) is 0 Å². The topological polar surface area (TPSA) is 30.5 Å². The lowest BCUT2D eigenvalue weighted by Gasteiger charge is -2.14. The van der Waals surface area contributed by atoms with E-state index in [0.29, 0.717) is 12.6 Å². The van der Waals surface area contributed by atoms with E-state index in [0.717, 1.165) is 29.8 Å². The van der Waals surface area contributed by atoms with E-state index in [1.807, 2.05) is 12.1 Å². The Kier molecular flexibility index (Phi) is 7.32. The minimum absolute atomic E-state index is 0.463. The van der Waals surface area contributed by atoms with Gasteiger partial charge in [-0.3, -0.25) is 0 Å². The minimum Gasteiger partial charge on any atom is -0.493 e. The van der Waals surface area contributed by atoms with Gasteiger partial charge in [-0.2, -0.15) is 0 Å². The highest BCUT2D eigenvalue weighted by Crippen LogP contribution is 2.23. The SMILES string of the molecule is COCCCOc1ccc(Br)cc1CNC(C)C. The van der Waals surface area contributed by atoms with Gasteiger partial charge in [0.2, 0.25) is 0 Å². The third-order valence-corrected chi connectivity index (χ3v) is 2.97. The summed E-state index contributed by atoms with van der Waals surface area (Å²) in [6.07, 6.45) is 0.906. The molecule has 0 aliphatic heterocycles. The maximum atomic E-state index is 5.79. The van der Waals surface area contributed by atoms with Gasteiger partial charge >= 0.3 is 0 Å². The Bertz CT molecular complexity index is 356. The molecule has 102 valence electrons. The second kappa shape index (κ2) is 8.51. The number of rotatable bonds is 8. The first-order valence-corrected chi connectivity index (χ1v) is 7.06. The molecular formula is C14H22BrNO2. The molecule has 0 unspecified atom stereocenters. The number of ether oxygens (including phenoxy) is 2. The predicted molar refractivity (Wildman–Crippen MR) is 78.1 cm³/mol. The Hall–Kier alpha value is -0.580. The summed E-state index contributed by atoms with van der Waals surface area (Å²) < 4.78 is 11.9. The van der Waals surface area contributed by atoms with E-state index >= 15 is 0 Å². The molecule has 0 atom stereocenters. The van der Waals surface area contributed by atoms with Crippen LogP contribution in [-0.2, 0) is 11.3 Å². The molecule has 4 heteroatoms. The lowest BCUT2D eigenvalue weighted by atomic mass is 10.2. The average Bonchev–Trinajstić information content (AvgIpc) is 2.34. The molecule has 0 spiro atoms.